The Morgan fingerprint density at radius 1 is 1.53 bits per heavy atom. The summed E-state index contributed by atoms with van der Waals surface area (Å²) in [6.45, 7) is -3.11. The molecule has 1 rings (SSSR count). The topological polar surface area (TPSA) is 59.3 Å². The monoisotopic (exact) mass is 261 g/mol. The minimum atomic E-state index is -3.11. The summed E-state index contributed by atoms with van der Waals surface area (Å²) in [5.41, 5.74) is -0.429. The van der Waals surface area contributed by atoms with Crippen molar-refractivity contribution in [3.05, 3.63) is 28.3 Å². The largest absolute Gasteiger partial charge is 0.465 e. The number of nitriles is 1. The molecule has 0 radical (unpaired) electrons. The molecule has 7 heteroatoms. The predicted molar refractivity (Wildman–Crippen MR) is 54.1 cm³/mol. The standard InChI is InChI=1S/C10H6ClF2NO3/c1-16-9(15)7-6(17-10(12)13)3-2-5(4-14)8(7)11/h2-3,10H,1H3. The summed E-state index contributed by atoms with van der Waals surface area (Å²) >= 11 is 5.72. The highest BCUT2D eigenvalue weighted by atomic mass is 35.5. The van der Waals surface area contributed by atoms with Crippen LogP contribution in [0.5, 0.6) is 5.75 Å². The first-order valence-electron chi connectivity index (χ1n) is 4.27. The summed E-state index contributed by atoms with van der Waals surface area (Å²) in [5, 5.41) is 8.41. The molecular weight excluding hydrogens is 256 g/mol. The van der Waals surface area contributed by atoms with Gasteiger partial charge in [0.2, 0.25) is 0 Å². The van der Waals surface area contributed by atoms with E-state index in [1.807, 2.05) is 0 Å². The number of carbonyl (C=O) groups excluding carboxylic acids is 1. The zero-order valence-corrected chi connectivity index (χ0v) is 9.29. The van der Waals surface area contributed by atoms with Crippen LogP contribution < -0.4 is 4.74 Å². The van der Waals surface area contributed by atoms with Gasteiger partial charge in [0.25, 0.3) is 0 Å². The van der Waals surface area contributed by atoms with Crippen molar-refractivity contribution in [1.82, 2.24) is 0 Å². The van der Waals surface area contributed by atoms with Crippen LogP contribution in [0.25, 0.3) is 0 Å². The van der Waals surface area contributed by atoms with E-state index >= 15 is 0 Å². The molecule has 0 N–H and O–H groups in total. The highest BCUT2D eigenvalue weighted by Gasteiger charge is 2.22. The fraction of sp³-hybridized carbons (Fsp3) is 0.200. The molecule has 0 heterocycles. The first kappa shape index (κ1) is 13.2. The Hall–Kier alpha value is -1.87. The fourth-order valence-electron chi connectivity index (χ4n) is 1.13. The molecule has 0 saturated heterocycles. The van der Waals surface area contributed by atoms with E-state index in [0.717, 1.165) is 13.2 Å². The van der Waals surface area contributed by atoms with Crippen LogP contribution in [0.3, 0.4) is 0 Å². The lowest BCUT2D eigenvalue weighted by Crippen LogP contribution is -2.10. The molecule has 4 nitrogen and oxygen atoms in total. The Morgan fingerprint density at radius 2 is 2.18 bits per heavy atom. The lowest BCUT2D eigenvalue weighted by atomic mass is 10.1. The van der Waals surface area contributed by atoms with Gasteiger partial charge < -0.3 is 9.47 Å². The molecule has 0 bridgehead atoms. The number of alkyl halides is 2. The Morgan fingerprint density at radius 3 is 2.65 bits per heavy atom. The number of nitrogens with zero attached hydrogens (tertiary/aromatic N) is 1. The number of ether oxygens (including phenoxy) is 2. The van der Waals surface area contributed by atoms with E-state index in [9.17, 15) is 13.6 Å². The van der Waals surface area contributed by atoms with E-state index in [-0.39, 0.29) is 10.6 Å². The molecule has 0 aliphatic heterocycles. The van der Waals surface area contributed by atoms with Crippen LogP contribution in [0.2, 0.25) is 5.02 Å². The molecule has 0 fully saturated rings. The number of esters is 1. The molecule has 1 aromatic rings. The van der Waals surface area contributed by atoms with Crippen molar-refractivity contribution >= 4 is 17.6 Å². The van der Waals surface area contributed by atoms with Crippen LogP contribution in [-0.2, 0) is 4.74 Å². The molecule has 17 heavy (non-hydrogen) atoms. The van der Waals surface area contributed by atoms with E-state index in [1.165, 1.54) is 6.07 Å². The van der Waals surface area contributed by atoms with Crippen LogP contribution in [0.15, 0.2) is 12.1 Å². The third-order valence-electron chi connectivity index (χ3n) is 1.83. The second kappa shape index (κ2) is 5.46. The average molecular weight is 262 g/mol. The summed E-state index contributed by atoms with van der Waals surface area (Å²) in [6, 6.07) is 3.94. The molecule has 0 atom stereocenters. The third kappa shape index (κ3) is 2.82. The summed E-state index contributed by atoms with van der Waals surface area (Å²) in [5.74, 6) is -1.39. The number of benzene rings is 1. The van der Waals surface area contributed by atoms with Gasteiger partial charge in [-0.3, -0.25) is 0 Å². The molecule has 0 unspecified atom stereocenters. The number of hydrogen-bond donors (Lipinski definition) is 0. The molecule has 1 aromatic carbocycles. The lowest BCUT2D eigenvalue weighted by molar-refractivity contribution is -0.0504. The van der Waals surface area contributed by atoms with Crippen molar-refractivity contribution < 1.29 is 23.0 Å². The maximum absolute atomic E-state index is 12.1. The van der Waals surface area contributed by atoms with Gasteiger partial charge in [0, 0.05) is 0 Å². The van der Waals surface area contributed by atoms with Gasteiger partial charge in [-0.15, -0.1) is 0 Å². The normalized spacial score (nSPS) is 9.88. The number of rotatable bonds is 3. The summed E-state index contributed by atoms with van der Waals surface area (Å²) < 4.78 is 32.7. The van der Waals surface area contributed by atoms with Gasteiger partial charge in [-0.05, 0) is 12.1 Å². The number of hydrogen-bond acceptors (Lipinski definition) is 4. The third-order valence-corrected chi connectivity index (χ3v) is 2.22. The van der Waals surface area contributed by atoms with Crippen LogP contribution in [0.1, 0.15) is 15.9 Å². The van der Waals surface area contributed by atoms with Crippen LogP contribution >= 0.6 is 11.6 Å². The van der Waals surface area contributed by atoms with Crippen molar-refractivity contribution in [2.24, 2.45) is 0 Å². The van der Waals surface area contributed by atoms with Gasteiger partial charge in [0.15, 0.2) is 0 Å². The van der Waals surface area contributed by atoms with Gasteiger partial charge in [-0.2, -0.15) is 14.0 Å². The summed E-state index contributed by atoms with van der Waals surface area (Å²) in [4.78, 5) is 11.4. The molecule has 0 aliphatic carbocycles. The van der Waals surface area contributed by atoms with Crippen molar-refractivity contribution in [2.75, 3.05) is 7.11 Å². The number of methoxy groups -OCH3 is 1. The van der Waals surface area contributed by atoms with Gasteiger partial charge in [-0.25, -0.2) is 4.79 Å². The van der Waals surface area contributed by atoms with E-state index < -0.39 is 23.9 Å². The van der Waals surface area contributed by atoms with Gasteiger partial charge in [0.05, 0.1) is 17.7 Å². The van der Waals surface area contributed by atoms with Crippen LogP contribution in [-0.4, -0.2) is 19.7 Å². The van der Waals surface area contributed by atoms with Gasteiger partial charge >= 0.3 is 12.6 Å². The lowest BCUT2D eigenvalue weighted by Gasteiger charge is -2.11. The summed E-state index contributed by atoms with van der Waals surface area (Å²) in [6.07, 6.45) is 0. The van der Waals surface area contributed by atoms with Crippen LogP contribution in [0.4, 0.5) is 8.78 Å². The van der Waals surface area contributed by atoms with Crippen molar-refractivity contribution in [2.45, 2.75) is 6.61 Å². The zero-order chi connectivity index (χ0) is 13.0. The number of halogens is 3. The minimum absolute atomic E-state index is 0.0336. The SMILES string of the molecule is COC(=O)c1c(OC(F)F)ccc(C#N)c1Cl. The molecular formula is C10H6ClF2NO3. The predicted octanol–water partition coefficient (Wildman–Crippen LogP) is 2.60. The smallest absolute Gasteiger partial charge is 0.387 e. The fourth-order valence-corrected chi connectivity index (χ4v) is 1.41. The van der Waals surface area contributed by atoms with Crippen molar-refractivity contribution in [1.29, 1.82) is 5.26 Å². The van der Waals surface area contributed by atoms with E-state index in [2.05, 4.69) is 9.47 Å². The quantitative estimate of drug-likeness (QED) is 0.785. The Balaban J connectivity index is 3.36. The maximum atomic E-state index is 12.1. The first-order chi connectivity index (χ1) is 8.01. The summed E-state index contributed by atoms with van der Waals surface area (Å²) in [7, 11) is 1.06. The number of carbonyl (C=O) groups is 1. The van der Waals surface area contributed by atoms with Crippen molar-refractivity contribution in [3.63, 3.8) is 0 Å². The van der Waals surface area contributed by atoms with Crippen LogP contribution in [0, 0.1) is 11.3 Å². The van der Waals surface area contributed by atoms with Gasteiger partial charge in [0.1, 0.15) is 17.4 Å². The zero-order valence-electron chi connectivity index (χ0n) is 8.54. The molecule has 0 amide bonds. The Bertz CT molecular complexity index is 485. The molecule has 0 aliphatic rings. The molecule has 0 spiro atoms. The molecule has 90 valence electrons. The minimum Gasteiger partial charge on any atom is -0.465 e. The average Bonchev–Trinajstić information content (AvgIpc) is 2.28. The maximum Gasteiger partial charge on any atom is 0.387 e. The second-order valence-corrected chi connectivity index (χ2v) is 3.16. The second-order valence-electron chi connectivity index (χ2n) is 2.78. The Kier molecular flexibility index (Phi) is 4.24. The Labute approximate surface area is 100 Å². The van der Waals surface area contributed by atoms with E-state index in [4.69, 9.17) is 16.9 Å². The van der Waals surface area contributed by atoms with E-state index in [0.29, 0.717) is 0 Å². The first-order valence-corrected chi connectivity index (χ1v) is 4.64. The van der Waals surface area contributed by atoms with E-state index in [1.54, 1.807) is 6.07 Å². The highest BCUT2D eigenvalue weighted by molar-refractivity contribution is 6.35. The van der Waals surface area contributed by atoms with Gasteiger partial charge in [-0.1, -0.05) is 11.6 Å². The van der Waals surface area contributed by atoms with Crippen molar-refractivity contribution in [3.8, 4) is 11.8 Å². The molecule has 0 saturated carbocycles. The highest BCUT2D eigenvalue weighted by Crippen LogP contribution is 2.31. The molecule has 0 aromatic heterocycles.